The van der Waals surface area contributed by atoms with E-state index in [-0.39, 0.29) is 59.5 Å². The van der Waals surface area contributed by atoms with Gasteiger partial charge >= 0.3 is 6.03 Å². The summed E-state index contributed by atoms with van der Waals surface area (Å²) in [6.45, 7) is -0.262. The third-order valence-corrected chi connectivity index (χ3v) is 9.35. The normalized spacial score (nSPS) is 14.9. The SMILES string of the molecule is C#CCN1C(=O)COc2cc(F)c(N3C(=O)C4=C(CCCC4)C3=O)cc21.COc1cc(OC)nc(NC(=O)NS(=O)(=O)c2ncccc2C(=O)N(C)C)n1. The number of halogens is 1. The fraction of sp³-hybridized carbons (Fsp3) is 0.294. The van der Waals surface area contributed by atoms with Crippen molar-refractivity contribution in [2.75, 3.05) is 56.6 Å². The number of imide groups is 1. The van der Waals surface area contributed by atoms with Crippen molar-refractivity contribution in [1.29, 1.82) is 0 Å². The molecule has 54 heavy (non-hydrogen) atoms. The number of pyridine rings is 1. The molecule has 1 aromatic carbocycles. The maximum atomic E-state index is 14.7. The number of terminal acetylenes is 1. The van der Waals surface area contributed by atoms with E-state index in [0.717, 1.165) is 23.8 Å². The number of methoxy groups -OCH3 is 2. The maximum Gasteiger partial charge on any atom is 0.335 e. The smallest absolute Gasteiger partial charge is 0.335 e. The van der Waals surface area contributed by atoms with Gasteiger partial charge in [0.25, 0.3) is 33.7 Å². The second-order valence-electron chi connectivity index (χ2n) is 11.7. The lowest BCUT2D eigenvalue weighted by atomic mass is 9.93. The topological polar surface area (TPSA) is 220 Å². The lowest BCUT2D eigenvalue weighted by Gasteiger charge is -2.29. The van der Waals surface area contributed by atoms with Gasteiger partial charge in [0.1, 0.15) is 5.75 Å². The Morgan fingerprint density at radius 3 is 2.22 bits per heavy atom. The molecule has 3 aliphatic rings. The van der Waals surface area contributed by atoms with Gasteiger partial charge in [-0.05, 0) is 43.9 Å². The van der Waals surface area contributed by atoms with Crippen LogP contribution in [0.4, 0.5) is 26.5 Å². The van der Waals surface area contributed by atoms with E-state index in [9.17, 15) is 36.8 Å². The number of urea groups is 1. The van der Waals surface area contributed by atoms with Gasteiger partial charge in [0, 0.05) is 37.5 Å². The van der Waals surface area contributed by atoms with Crippen molar-refractivity contribution in [1.82, 2.24) is 24.6 Å². The number of sulfonamides is 1. The number of benzene rings is 1. The summed E-state index contributed by atoms with van der Waals surface area (Å²) in [5, 5.41) is 1.56. The summed E-state index contributed by atoms with van der Waals surface area (Å²) in [5.41, 5.74) is 0.805. The van der Waals surface area contributed by atoms with E-state index in [1.54, 1.807) is 4.72 Å². The van der Waals surface area contributed by atoms with E-state index in [1.807, 2.05) is 0 Å². The van der Waals surface area contributed by atoms with Crippen LogP contribution in [0.2, 0.25) is 0 Å². The minimum Gasteiger partial charge on any atom is -0.481 e. The lowest BCUT2D eigenvalue weighted by molar-refractivity contribution is -0.121. The van der Waals surface area contributed by atoms with E-state index in [2.05, 4.69) is 26.2 Å². The van der Waals surface area contributed by atoms with Crippen LogP contribution in [0.15, 0.2) is 52.7 Å². The zero-order valence-corrected chi connectivity index (χ0v) is 30.2. The Kier molecular flexibility index (Phi) is 11.4. The van der Waals surface area contributed by atoms with Gasteiger partial charge in [-0.3, -0.25) is 29.4 Å². The van der Waals surface area contributed by atoms with Crippen LogP contribution in [-0.2, 0) is 24.4 Å². The molecule has 0 fully saturated rings. The second kappa shape index (κ2) is 16.0. The minimum absolute atomic E-state index is 0.0170. The molecular formula is C34H33FN8O10S. The summed E-state index contributed by atoms with van der Waals surface area (Å²) < 4.78 is 56.6. The van der Waals surface area contributed by atoms with Gasteiger partial charge in [-0.25, -0.2) is 23.8 Å². The highest BCUT2D eigenvalue weighted by Gasteiger charge is 2.42. The highest BCUT2D eigenvalue weighted by Crippen LogP contribution is 2.41. The van der Waals surface area contributed by atoms with Crippen molar-refractivity contribution in [2.24, 2.45) is 0 Å². The molecule has 6 rings (SSSR count). The Morgan fingerprint density at radius 1 is 1.02 bits per heavy atom. The number of rotatable bonds is 8. The summed E-state index contributed by atoms with van der Waals surface area (Å²) in [7, 11) is 1.15. The number of amides is 6. The van der Waals surface area contributed by atoms with Crippen LogP contribution >= 0.6 is 0 Å². The number of ether oxygens (including phenoxy) is 3. The second-order valence-corrected chi connectivity index (χ2v) is 13.3. The molecular weight excluding hydrogens is 731 g/mol. The molecule has 2 aromatic heterocycles. The molecule has 0 radical (unpaired) electrons. The van der Waals surface area contributed by atoms with E-state index in [4.69, 9.17) is 20.6 Å². The lowest BCUT2D eigenvalue weighted by Crippen LogP contribution is -2.39. The van der Waals surface area contributed by atoms with Crippen LogP contribution in [0.1, 0.15) is 36.0 Å². The molecule has 20 heteroatoms. The Bertz CT molecular complexity index is 2190. The van der Waals surface area contributed by atoms with Crippen LogP contribution in [0, 0.1) is 18.2 Å². The number of aromatic nitrogens is 3. The predicted octanol–water partition coefficient (Wildman–Crippen LogP) is 2.03. The molecule has 2 N–H and O–H groups in total. The van der Waals surface area contributed by atoms with Gasteiger partial charge < -0.3 is 19.1 Å². The van der Waals surface area contributed by atoms with Crippen molar-refractivity contribution in [3.05, 3.63) is 59.1 Å². The molecule has 0 bridgehead atoms. The third kappa shape index (κ3) is 7.90. The first-order valence-corrected chi connectivity index (χ1v) is 17.5. The van der Waals surface area contributed by atoms with Crippen LogP contribution < -0.4 is 34.0 Å². The fourth-order valence-corrected chi connectivity index (χ4v) is 6.62. The number of hydrogen-bond acceptors (Lipinski definition) is 13. The molecule has 2 aliphatic heterocycles. The number of carbonyl (C=O) groups excluding carboxylic acids is 5. The highest BCUT2D eigenvalue weighted by molar-refractivity contribution is 7.90. The Labute approximate surface area is 308 Å². The van der Waals surface area contributed by atoms with Crippen molar-refractivity contribution in [2.45, 2.75) is 30.7 Å². The molecule has 0 unspecified atom stereocenters. The predicted molar refractivity (Wildman–Crippen MR) is 188 cm³/mol. The molecule has 4 heterocycles. The summed E-state index contributed by atoms with van der Waals surface area (Å²) in [6.07, 6.45) is 9.20. The van der Waals surface area contributed by atoms with Crippen LogP contribution in [0.5, 0.6) is 17.5 Å². The molecule has 18 nitrogen and oxygen atoms in total. The largest absolute Gasteiger partial charge is 0.481 e. The minimum atomic E-state index is -4.46. The molecule has 282 valence electrons. The van der Waals surface area contributed by atoms with Crippen LogP contribution in [-0.4, -0.2) is 99.4 Å². The maximum absolute atomic E-state index is 14.7. The van der Waals surface area contributed by atoms with Crippen molar-refractivity contribution < 1.29 is 51.0 Å². The number of anilines is 3. The average molecular weight is 765 g/mol. The van der Waals surface area contributed by atoms with Gasteiger partial charge in [-0.2, -0.15) is 18.4 Å². The fourth-order valence-electron chi connectivity index (χ4n) is 5.58. The monoisotopic (exact) mass is 764 g/mol. The van der Waals surface area contributed by atoms with Crippen molar-refractivity contribution >= 4 is 57.0 Å². The van der Waals surface area contributed by atoms with E-state index >= 15 is 0 Å². The third-order valence-electron chi connectivity index (χ3n) is 8.06. The molecule has 3 aromatic rings. The number of nitrogens with one attached hydrogen (secondary N) is 2. The zero-order chi connectivity index (χ0) is 39.3. The highest BCUT2D eigenvalue weighted by atomic mass is 32.2. The van der Waals surface area contributed by atoms with E-state index < -0.39 is 44.6 Å². The first-order chi connectivity index (χ1) is 25.7. The van der Waals surface area contributed by atoms with Crippen molar-refractivity contribution in [3.8, 4) is 29.9 Å². The number of nitrogens with zero attached hydrogens (tertiary/aromatic N) is 6. The molecule has 0 spiro atoms. The Balaban J connectivity index is 0.000000208. The number of carbonyl (C=O) groups is 5. The van der Waals surface area contributed by atoms with E-state index in [0.29, 0.717) is 24.0 Å². The quantitative estimate of drug-likeness (QED) is 0.248. The summed E-state index contributed by atoms with van der Waals surface area (Å²) in [6, 6.07) is 5.27. The first kappa shape index (κ1) is 38.6. The summed E-state index contributed by atoms with van der Waals surface area (Å²) >= 11 is 0. The van der Waals surface area contributed by atoms with Gasteiger partial charge in [-0.15, -0.1) is 6.42 Å². The molecule has 0 saturated heterocycles. The van der Waals surface area contributed by atoms with Gasteiger partial charge in [0.05, 0.1) is 43.8 Å². The zero-order valence-electron chi connectivity index (χ0n) is 29.3. The van der Waals surface area contributed by atoms with Gasteiger partial charge in [-0.1, -0.05) is 5.92 Å². The van der Waals surface area contributed by atoms with E-state index in [1.165, 1.54) is 68.6 Å². The standard InChI is InChI=1S/C19H15FN2O4.C15H18N6O6S/c1-2-7-21-15-9-14(13(20)8-16(15)26-10-17(21)23)22-18(24)11-5-3-4-6-12(11)19(22)25;1-21(2)13(22)9-6-5-7-16-12(9)28(24,25)20-15(23)19-14-17-10(26-3)8-11(18-14)27-4/h1,8-9H,3-7,10H2;5-8H,1-4H3,(H2,17,18,19,20,23). The number of hydrogen-bond donors (Lipinski definition) is 2. The molecule has 0 atom stereocenters. The van der Waals surface area contributed by atoms with Crippen LogP contribution in [0.3, 0.4) is 0 Å². The Hall–Kier alpha value is -6.62. The molecule has 1 aliphatic carbocycles. The van der Waals surface area contributed by atoms with Crippen molar-refractivity contribution in [3.63, 3.8) is 0 Å². The van der Waals surface area contributed by atoms with Crippen LogP contribution in [0.25, 0.3) is 0 Å². The first-order valence-electron chi connectivity index (χ1n) is 16.0. The Morgan fingerprint density at radius 2 is 1.65 bits per heavy atom. The number of fused-ring (bicyclic) bond motifs is 1. The average Bonchev–Trinajstić information content (AvgIpc) is 3.40. The summed E-state index contributed by atoms with van der Waals surface area (Å²) in [4.78, 5) is 76.5. The van der Waals surface area contributed by atoms with Gasteiger partial charge in [0.15, 0.2) is 17.5 Å². The molecule has 6 amide bonds. The molecule has 0 saturated carbocycles. The summed E-state index contributed by atoms with van der Waals surface area (Å²) in [5.74, 6) is -0.255. The van der Waals surface area contributed by atoms with Gasteiger partial charge in [0.2, 0.25) is 17.7 Å².